The molecule has 0 radical (unpaired) electrons. The Balaban J connectivity index is 1.20. The van der Waals surface area contributed by atoms with Crippen LogP contribution in [0.2, 0.25) is 0 Å². The van der Waals surface area contributed by atoms with Gasteiger partial charge in [0.1, 0.15) is 18.2 Å². The molecule has 0 aliphatic heterocycles. The predicted octanol–water partition coefficient (Wildman–Crippen LogP) is 3.18. The van der Waals surface area contributed by atoms with Gasteiger partial charge in [0.25, 0.3) is 5.91 Å². The Kier molecular flexibility index (Phi) is 5.32. The van der Waals surface area contributed by atoms with Crippen LogP contribution in [0.3, 0.4) is 0 Å². The van der Waals surface area contributed by atoms with Gasteiger partial charge in [0, 0.05) is 18.4 Å². The lowest BCUT2D eigenvalue weighted by Gasteiger charge is -2.22. The minimum absolute atomic E-state index is 0.0332. The van der Waals surface area contributed by atoms with Crippen molar-refractivity contribution in [3.05, 3.63) is 48.3 Å². The van der Waals surface area contributed by atoms with Crippen LogP contribution in [0.5, 0.6) is 11.9 Å². The first-order valence-corrected chi connectivity index (χ1v) is 10.8. The Labute approximate surface area is 184 Å². The van der Waals surface area contributed by atoms with Gasteiger partial charge in [-0.15, -0.1) is 0 Å². The van der Waals surface area contributed by atoms with Crippen molar-refractivity contribution >= 4 is 16.8 Å². The van der Waals surface area contributed by atoms with Crippen molar-refractivity contribution in [3.63, 3.8) is 0 Å². The number of rotatable bonds is 7. The second-order valence-electron chi connectivity index (χ2n) is 8.40. The van der Waals surface area contributed by atoms with Crippen LogP contribution in [0.15, 0.2) is 36.9 Å². The van der Waals surface area contributed by atoms with E-state index in [2.05, 4.69) is 32.2 Å². The van der Waals surface area contributed by atoms with Gasteiger partial charge in [-0.3, -0.25) is 4.79 Å². The van der Waals surface area contributed by atoms with E-state index in [0.717, 1.165) is 19.3 Å². The highest BCUT2D eigenvalue weighted by molar-refractivity contribution is 5.93. The van der Waals surface area contributed by atoms with Crippen LogP contribution in [0.4, 0.5) is 4.39 Å². The van der Waals surface area contributed by atoms with E-state index in [1.807, 2.05) is 0 Å². The molecule has 166 valence electrons. The number of hydrogen-bond donors (Lipinski definition) is 1. The van der Waals surface area contributed by atoms with Crippen LogP contribution in [-0.2, 0) is 0 Å². The smallest absolute Gasteiger partial charge is 0.316 e. The zero-order valence-electron chi connectivity index (χ0n) is 17.9. The fourth-order valence-corrected chi connectivity index (χ4v) is 5.05. The number of amides is 1. The van der Waals surface area contributed by atoms with Crippen LogP contribution in [0.1, 0.15) is 36.5 Å². The quantitative estimate of drug-likeness (QED) is 0.606. The van der Waals surface area contributed by atoms with Crippen molar-refractivity contribution in [2.45, 2.75) is 38.3 Å². The average Bonchev–Trinajstić information content (AvgIpc) is 3.31. The van der Waals surface area contributed by atoms with E-state index in [4.69, 9.17) is 9.47 Å². The predicted molar refractivity (Wildman–Crippen MR) is 114 cm³/mol. The largest absolute Gasteiger partial charge is 0.474 e. The van der Waals surface area contributed by atoms with Crippen LogP contribution in [0.25, 0.3) is 10.9 Å². The lowest BCUT2D eigenvalue weighted by atomic mass is 10.00. The third-order valence-corrected chi connectivity index (χ3v) is 6.60. The highest BCUT2D eigenvalue weighted by Crippen LogP contribution is 2.60. The molecule has 1 N–H and O–H groups in total. The minimum atomic E-state index is -0.338. The van der Waals surface area contributed by atoms with Crippen molar-refractivity contribution in [3.8, 4) is 11.9 Å². The van der Waals surface area contributed by atoms with Gasteiger partial charge in [0.15, 0.2) is 0 Å². The molecule has 2 aliphatic carbocycles. The lowest BCUT2D eigenvalue weighted by Crippen LogP contribution is -2.38. The molecule has 9 heteroatoms. The summed E-state index contributed by atoms with van der Waals surface area (Å²) in [5.74, 6) is 1.35. The number of hydrogen-bond acceptors (Lipinski definition) is 7. The Bertz CT molecular complexity index is 1130. The standard InChI is InChI=1S/C23H24FN5O3/c1-3-18(29-21(30)12-9-25-23(31-2)26-10-12)20-15-7-14(8-16(15)20)32-22-17-6-13(24)4-5-19(17)27-11-28-22/h4-6,9-11,14-16,18,20H,3,7-8H2,1-2H3,(H,29,30). The summed E-state index contributed by atoms with van der Waals surface area (Å²) in [5.41, 5.74) is 1.08. The van der Waals surface area contributed by atoms with E-state index in [1.54, 1.807) is 6.07 Å². The van der Waals surface area contributed by atoms with Gasteiger partial charge in [0.2, 0.25) is 5.88 Å². The second-order valence-corrected chi connectivity index (χ2v) is 8.40. The number of nitrogens with zero attached hydrogens (tertiary/aromatic N) is 4. The van der Waals surface area contributed by atoms with Crippen molar-refractivity contribution in [1.82, 2.24) is 25.3 Å². The SMILES string of the molecule is CCC(NC(=O)c1cnc(OC)nc1)C1C2CC(Oc3ncnc4ccc(F)cc34)CC21. The molecule has 1 amide bonds. The maximum atomic E-state index is 13.7. The number of methoxy groups -OCH3 is 1. The van der Waals surface area contributed by atoms with Crippen LogP contribution in [-0.4, -0.2) is 45.1 Å². The monoisotopic (exact) mass is 437 g/mol. The first-order chi connectivity index (χ1) is 15.6. The summed E-state index contributed by atoms with van der Waals surface area (Å²) in [6, 6.07) is 4.74. The minimum Gasteiger partial charge on any atom is -0.474 e. The van der Waals surface area contributed by atoms with E-state index in [-0.39, 0.29) is 29.9 Å². The number of fused-ring (bicyclic) bond motifs is 2. The number of carbonyl (C=O) groups is 1. The van der Waals surface area contributed by atoms with Crippen LogP contribution < -0.4 is 14.8 Å². The summed E-state index contributed by atoms with van der Waals surface area (Å²) in [5, 5.41) is 3.73. The molecule has 1 aromatic carbocycles. The van der Waals surface area contributed by atoms with E-state index >= 15 is 0 Å². The molecule has 3 aromatic rings. The zero-order chi connectivity index (χ0) is 22.2. The van der Waals surface area contributed by atoms with Crippen LogP contribution in [0, 0.1) is 23.6 Å². The van der Waals surface area contributed by atoms with Crippen molar-refractivity contribution in [2.75, 3.05) is 7.11 Å². The Morgan fingerprint density at radius 1 is 1.19 bits per heavy atom. The molecule has 0 bridgehead atoms. The van der Waals surface area contributed by atoms with Gasteiger partial charge in [-0.2, -0.15) is 0 Å². The van der Waals surface area contributed by atoms with E-state index < -0.39 is 0 Å². The number of halogens is 1. The molecule has 2 aliphatic rings. The molecule has 5 rings (SSSR count). The van der Waals surface area contributed by atoms with Gasteiger partial charge in [-0.05, 0) is 55.2 Å². The number of ether oxygens (including phenoxy) is 2. The Morgan fingerprint density at radius 2 is 1.94 bits per heavy atom. The molecule has 2 aromatic heterocycles. The molecule has 2 saturated carbocycles. The van der Waals surface area contributed by atoms with Gasteiger partial charge in [-0.25, -0.2) is 24.3 Å². The molecule has 32 heavy (non-hydrogen) atoms. The van der Waals surface area contributed by atoms with Crippen molar-refractivity contribution in [2.24, 2.45) is 17.8 Å². The molecule has 3 unspecified atom stereocenters. The van der Waals surface area contributed by atoms with Crippen LogP contribution >= 0.6 is 0 Å². The summed E-state index contributed by atoms with van der Waals surface area (Å²) in [6.07, 6.45) is 7.07. The number of aromatic nitrogens is 4. The maximum Gasteiger partial charge on any atom is 0.316 e. The molecular weight excluding hydrogens is 413 g/mol. The van der Waals surface area contributed by atoms with E-state index in [1.165, 1.54) is 38.0 Å². The summed E-state index contributed by atoms with van der Waals surface area (Å²) in [6.45, 7) is 2.08. The number of benzene rings is 1. The number of carbonyl (C=O) groups excluding carboxylic acids is 1. The second kappa shape index (κ2) is 8.29. The molecule has 0 saturated heterocycles. The van der Waals surface area contributed by atoms with E-state index in [9.17, 15) is 9.18 Å². The lowest BCUT2D eigenvalue weighted by molar-refractivity contribution is 0.0923. The number of nitrogens with one attached hydrogen (secondary N) is 1. The molecule has 3 atom stereocenters. The van der Waals surface area contributed by atoms with Crippen molar-refractivity contribution in [1.29, 1.82) is 0 Å². The molecular formula is C23H24FN5O3. The average molecular weight is 437 g/mol. The summed E-state index contributed by atoms with van der Waals surface area (Å²) >= 11 is 0. The fraction of sp³-hybridized carbons (Fsp3) is 0.435. The first kappa shape index (κ1) is 20.5. The van der Waals surface area contributed by atoms with E-state index in [0.29, 0.717) is 40.1 Å². The molecule has 8 nitrogen and oxygen atoms in total. The first-order valence-electron chi connectivity index (χ1n) is 10.8. The third-order valence-electron chi connectivity index (χ3n) is 6.60. The molecule has 2 heterocycles. The van der Waals surface area contributed by atoms with Gasteiger partial charge in [-0.1, -0.05) is 6.92 Å². The zero-order valence-corrected chi connectivity index (χ0v) is 17.9. The van der Waals surface area contributed by atoms with Gasteiger partial charge in [0.05, 0.1) is 23.6 Å². The normalized spacial score (nSPS) is 24.6. The summed E-state index contributed by atoms with van der Waals surface area (Å²) < 4.78 is 24.8. The third kappa shape index (κ3) is 3.83. The van der Waals surface area contributed by atoms with Gasteiger partial charge >= 0.3 is 6.01 Å². The molecule has 2 fully saturated rings. The molecule has 0 spiro atoms. The highest BCUT2D eigenvalue weighted by Gasteiger charge is 2.59. The van der Waals surface area contributed by atoms with Gasteiger partial charge < -0.3 is 14.8 Å². The maximum absolute atomic E-state index is 13.7. The summed E-state index contributed by atoms with van der Waals surface area (Å²) in [4.78, 5) is 29.0. The topological polar surface area (TPSA) is 99.1 Å². The Morgan fingerprint density at radius 3 is 2.62 bits per heavy atom. The van der Waals surface area contributed by atoms with Crippen molar-refractivity contribution < 1.29 is 18.7 Å². The summed E-state index contributed by atoms with van der Waals surface area (Å²) in [7, 11) is 1.48. The Hall–Kier alpha value is -3.36. The fourth-order valence-electron chi connectivity index (χ4n) is 5.05. The highest BCUT2D eigenvalue weighted by atomic mass is 19.1.